The lowest BCUT2D eigenvalue weighted by molar-refractivity contribution is -0.111. The Kier molecular flexibility index (Phi) is 6.57. The SMILES string of the molecule is C=CC(=O)Nc1ccc(-c2ccc(C(N)=O)c(-c3ccc(S(=O)(=O)c4ccccc4)cc3)n2)cc1. The van der Waals surface area contributed by atoms with Crippen LogP contribution in [0.15, 0.2) is 113 Å². The molecular formula is C27H21N3O4S. The molecule has 0 aliphatic carbocycles. The van der Waals surface area contributed by atoms with Gasteiger partial charge in [0.2, 0.25) is 15.7 Å². The molecule has 3 aromatic carbocycles. The van der Waals surface area contributed by atoms with Crippen LogP contribution < -0.4 is 11.1 Å². The van der Waals surface area contributed by atoms with E-state index in [-0.39, 0.29) is 21.3 Å². The molecule has 7 nitrogen and oxygen atoms in total. The van der Waals surface area contributed by atoms with Gasteiger partial charge < -0.3 is 11.1 Å². The van der Waals surface area contributed by atoms with Crippen molar-refractivity contribution in [3.8, 4) is 22.5 Å². The van der Waals surface area contributed by atoms with Crippen molar-refractivity contribution < 1.29 is 18.0 Å². The van der Waals surface area contributed by atoms with E-state index >= 15 is 0 Å². The lowest BCUT2D eigenvalue weighted by Crippen LogP contribution is -2.13. The molecule has 0 fully saturated rings. The predicted octanol–water partition coefficient (Wildman–Crippen LogP) is 4.47. The highest BCUT2D eigenvalue weighted by molar-refractivity contribution is 7.91. The maximum absolute atomic E-state index is 12.9. The van der Waals surface area contributed by atoms with Crippen molar-refractivity contribution in [2.75, 3.05) is 5.32 Å². The van der Waals surface area contributed by atoms with Crippen LogP contribution in [0.5, 0.6) is 0 Å². The van der Waals surface area contributed by atoms with Gasteiger partial charge in [0.05, 0.1) is 26.7 Å². The number of amides is 2. The fraction of sp³-hybridized carbons (Fsp3) is 0. The van der Waals surface area contributed by atoms with E-state index in [1.54, 1.807) is 66.7 Å². The van der Waals surface area contributed by atoms with Crippen LogP contribution in [-0.4, -0.2) is 25.2 Å². The van der Waals surface area contributed by atoms with Crippen LogP contribution >= 0.6 is 0 Å². The van der Waals surface area contributed by atoms with E-state index in [4.69, 9.17) is 5.73 Å². The van der Waals surface area contributed by atoms with E-state index in [2.05, 4.69) is 16.9 Å². The van der Waals surface area contributed by atoms with Crippen molar-refractivity contribution in [1.82, 2.24) is 4.98 Å². The summed E-state index contributed by atoms with van der Waals surface area (Å²) in [6.45, 7) is 3.42. The standard InChI is InChI=1S/C27H21N3O4S/c1-2-25(31)29-20-12-8-18(9-13-20)24-17-16-23(27(28)32)26(30-24)19-10-14-22(15-11-19)35(33,34)21-6-4-3-5-7-21/h2-17H,1H2,(H2,28,32)(H,29,31). The lowest BCUT2D eigenvalue weighted by Gasteiger charge is -2.11. The number of hydrogen-bond acceptors (Lipinski definition) is 5. The molecule has 0 aliphatic heterocycles. The first-order valence-electron chi connectivity index (χ1n) is 10.5. The van der Waals surface area contributed by atoms with Gasteiger partial charge in [0.1, 0.15) is 0 Å². The van der Waals surface area contributed by atoms with Crippen molar-refractivity contribution in [3.05, 3.63) is 109 Å². The Balaban J connectivity index is 1.70. The van der Waals surface area contributed by atoms with Crippen LogP contribution in [0.2, 0.25) is 0 Å². The molecule has 0 saturated carbocycles. The molecule has 8 heteroatoms. The Bertz CT molecular complexity index is 1510. The quantitative estimate of drug-likeness (QED) is 0.376. The molecule has 3 N–H and O–H groups in total. The smallest absolute Gasteiger partial charge is 0.250 e. The second-order valence-corrected chi connectivity index (χ2v) is 9.52. The molecule has 35 heavy (non-hydrogen) atoms. The zero-order chi connectivity index (χ0) is 25.0. The van der Waals surface area contributed by atoms with Gasteiger partial charge >= 0.3 is 0 Å². The molecule has 0 atom stereocenters. The average molecular weight is 484 g/mol. The highest BCUT2D eigenvalue weighted by Crippen LogP contribution is 2.29. The summed E-state index contributed by atoms with van der Waals surface area (Å²) in [7, 11) is -3.68. The van der Waals surface area contributed by atoms with Crippen LogP contribution in [0.3, 0.4) is 0 Å². The van der Waals surface area contributed by atoms with Gasteiger partial charge in [0, 0.05) is 16.8 Å². The minimum Gasteiger partial charge on any atom is -0.366 e. The first kappa shape index (κ1) is 23.6. The number of carbonyl (C=O) groups excluding carboxylic acids is 2. The van der Waals surface area contributed by atoms with Crippen LogP contribution in [-0.2, 0) is 14.6 Å². The van der Waals surface area contributed by atoms with E-state index in [0.29, 0.717) is 22.6 Å². The maximum atomic E-state index is 12.9. The van der Waals surface area contributed by atoms with E-state index in [0.717, 1.165) is 5.56 Å². The normalized spacial score (nSPS) is 11.0. The highest BCUT2D eigenvalue weighted by Gasteiger charge is 2.19. The van der Waals surface area contributed by atoms with Crippen LogP contribution in [0.25, 0.3) is 22.5 Å². The summed E-state index contributed by atoms with van der Waals surface area (Å²) in [6.07, 6.45) is 1.18. The summed E-state index contributed by atoms with van der Waals surface area (Å²) in [5.74, 6) is -0.968. The zero-order valence-electron chi connectivity index (χ0n) is 18.5. The van der Waals surface area contributed by atoms with E-state index in [9.17, 15) is 18.0 Å². The molecule has 0 radical (unpaired) electrons. The summed E-state index contributed by atoms with van der Waals surface area (Å²) in [5, 5.41) is 2.67. The van der Waals surface area contributed by atoms with Gasteiger partial charge in [0.25, 0.3) is 5.91 Å². The number of hydrogen-bond donors (Lipinski definition) is 2. The number of carbonyl (C=O) groups is 2. The largest absolute Gasteiger partial charge is 0.366 e. The topological polar surface area (TPSA) is 119 Å². The summed E-state index contributed by atoms with van der Waals surface area (Å²) >= 11 is 0. The first-order chi connectivity index (χ1) is 16.8. The highest BCUT2D eigenvalue weighted by atomic mass is 32.2. The van der Waals surface area contributed by atoms with Gasteiger partial charge in [0.15, 0.2) is 0 Å². The average Bonchev–Trinajstić information content (AvgIpc) is 2.89. The van der Waals surface area contributed by atoms with Crippen molar-refractivity contribution in [3.63, 3.8) is 0 Å². The fourth-order valence-electron chi connectivity index (χ4n) is 3.48. The molecule has 4 rings (SSSR count). The number of benzene rings is 3. The number of primary amides is 1. The number of nitrogens with two attached hydrogens (primary N) is 1. The number of nitrogens with zero attached hydrogens (tertiary/aromatic N) is 1. The molecule has 0 saturated heterocycles. The molecular weight excluding hydrogens is 462 g/mol. The Labute approximate surface area is 202 Å². The van der Waals surface area contributed by atoms with Gasteiger partial charge in [-0.1, -0.05) is 49.0 Å². The van der Waals surface area contributed by atoms with E-state index < -0.39 is 15.7 Å². The Morgan fingerprint density at radius 2 is 1.40 bits per heavy atom. The van der Waals surface area contributed by atoms with Gasteiger partial charge in [-0.3, -0.25) is 9.59 Å². The number of nitrogens with one attached hydrogen (secondary N) is 1. The lowest BCUT2D eigenvalue weighted by atomic mass is 10.0. The Hall–Kier alpha value is -4.56. The molecule has 174 valence electrons. The molecule has 0 aliphatic rings. The molecule has 4 aromatic rings. The number of pyridine rings is 1. The van der Waals surface area contributed by atoms with Gasteiger partial charge in [-0.15, -0.1) is 0 Å². The van der Waals surface area contributed by atoms with Crippen LogP contribution in [0.1, 0.15) is 10.4 Å². The number of aromatic nitrogens is 1. The summed E-state index contributed by atoms with van der Waals surface area (Å²) in [4.78, 5) is 28.5. The molecule has 2 amide bonds. The van der Waals surface area contributed by atoms with Crippen molar-refractivity contribution in [2.24, 2.45) is 5.73 Å². The van der Waals surface area contributed by atoms with Gasteiger partial charge in [-0.2, -0.15) is 0 Å². The molecule has 0 bridgehead atoms. The Morgan fingerprint density at radius 1 is 0.800 bits per heavy atom. The first-order valence-corrected chi connectivity index (χ1v) is 12.0. The second kappa shape index (κ2) is 9.74. The number of sulfone groups is 1. The third-order valence-corrected chi connectivity index (χ3v) is 7.07. The molecule has 0 spiro atoms. The minimum atomic E-state index is -3.68. The third kappa shape index (κ3) is 5.02. The van der Waals surface area contributed by atoms with Crippen molar-refractivity contribution in [2.45, 2.75) is 9.79 Å². The molecule has 1 heterocycles. The molecule has 1 aromatic heterocycles. The fourth-order valence-corrected chi connectivity index (χ4v) is 4.77. The minimum absolute atomic E-state index is 0.126. The Morgan fingerprint density at radius 3 is 2.00 bits per heavy atom. The van der Waals surface area contributed by atoms with Gasteiger partial charge in [-0.05, 0) is 54.6 Å². The van der Waals surface area contributed by atoms with Gasteiger partial charge in [-0.25, -0.2) is 13.4 Å². The zero-order valence-corrected chi connectivity index (χ0v) is 19.3. The van der Waals surface area contributed by atoms with Crippen LogP contribution in [0, 0.1) is 0 Å². The van der Waals surface area contributed by atoms with Crippen LogP contribution in [0.4, 0.5) is 5.69 Å². The number of anilines is 1. The third-order valence-electron chi connectivity index (χ3n) is 5.29. The van der Waals surface area contributed by atoms with Crippen molar-refractivity contribution >= 4 is 27.3 Å². The monoisotopic (exact) mass is 483 g/mol. The van der Waals surface area contributed by atoms with Crippen molar-refractivity contribution in [1.29, 1.82) is 0 Å². The van der Waals surface area contributed by atoms with E-state index in [1.165, 1.54) is 30.3 Å². The summed E-state index contributed by atoms with van der Waals surface area (Å²) in [6, 6.07) is 24.6. The summed E-state index contributed by atoms with van der Waals surface area (Å²) < 4.78 is 25.8. The second-order valence-electron chi connectivity index (χ2n) is 7.57. The molecule has 0 unspecified atom stereocenters. The number of rotatable bonds is 7. The maximum Gasteiger partial charge on any atom is 0.250 e. The predicted molar refractivity (Wildman–Crippen MR) is 134 cm³/mol. The summed E-state index contributed by atoms with van der Waals surface area (Å²) in [5.41, 5.74) is 8.59. The van der Waals surface area contributed by atoms with E-state index in [1.807, 2.05) is 0 Å².